The van der Waals surface area contributed by atoms with Crippen LogP contribution in [0.5, 0.6) is 0 Å². The maximum Gasteiger partial charge on any atom is 0.254 e. The van der Waals surface area contributed by atoms with Crippen LogP contribution in [-0.2, 0) is 4.79 Å². The van der Waals surface area contributed by atoms with E-state index in [0.717, 1.165) is 12.2 Å². The molecule has 0 atom stereocenters. The molecule has 0 unspecified atom stereocenters. The van der Waals surface area contributed by atoms with Gasteiger partial charge in [0.15, 0.2) is 0 Å². The van der Waals surface area contributed by atoms with Gasteiger partial charge in [-0.1, -0.05) is 12.7 Å². The zero-order valence-corrected chi connectivity index (χ0v) is 6.76. The van der Waals surface area contributed by atoms with Gasteiger partial charge in [0, 0.05) is 0 Å². The Morgan fingerprint density at radius 2 is 2.08 bits per heavy atom. The summed E-state index contributed by atoms with van der Waals surface area (Å²) in [6.07, 6.45) is 1.74. The average Bonchev–Trinajstić information content (AvgIpc) is 1.99. The third kappa shape index (κ3) is 3.62. The second kappa shape index (κ2) is 5.21. The van der Waals surface area contributed by atoms with Crippen LogP contribution >= 0.6 is 0 Å². The molecule has 0 radical (unpaired) electrons. The maximum atomic E-state index is 12.8. The number of hydrogen-bond donors (Lipinski definition) is 2. The minimum Gasteiger partial charge on any atom is -0.392 e. The molecule has 0 saturated heterocycles. The van der Waals surface area contributed by atoms with Crippen LogP contribution in [0.25, 0.3) is 0 Å². The van der Waals surface area contributed by atoms with Crippen LogP contribution in [0.15, 0.2) is 36.0 Å². The molecule has 3 nitrogen and oxygen atoms in total. The van der Waals surface area contributed by atoms with Gasteiger partial charge in [0.25, 0.3) is 5.91 Å². The van der Waals surface area contributed by atoms with Crippen LogP contribution in [0.2, 0.25) is 0 Å². The van der Waals surface area contributed by atoms with Gasteiger partial charge < -0.3 is 10.8 Å². The van der Waals surface area contributed by atoms with Crippen molar-refractivity contribution in [3.05, 3.63) is 36.0 Å². The molecule has 0 aromatic rings. The number of nitrogens with two attached hydrogens (primary N) is 1. The van der Waals surface area contributed by atoms with E-state index in [9.17, 15) is 13.6 Å². The molecule has 72 valence electrons. The molecule has 0 saturated carbocycles. The van der Waals surface area contributed by atoms with E-state index in [2.05, 4.69) is 12.3 Å². The first-order valence-corrected chi connectivity index (χ1v) is 3.32. The smallest absolute Gasteiger partial charge is 0.254 e. The van der Waals surface area contributed by atoms with Crippen molar-refractivity contribution < 1.29 is 18.7 Å². The monoisotopic (exact) mass is 189 g/mol. The molecule has 0 aromatic carbocycles. The van der Waals surface area contributed by atoms with E-state index in [0.29, 0.717) is 0 Å². The molecule has 0 aromatic heterocycles. The summed E-state index contributed by atoms with van der Waals surface area (Å²) in [5.41, 5.74) is 3.76. The summed E-state index contributed by atoms with van der Waals surface area (Å²) in [4.78, 5) is 10.5. The van der Waals surface area contributed by atoms with E-state index in [1.807, 2.05) is 0 Å². The molecule has 0 fully saturated rings. The molecular formula is C8H9F2NO2. The summed E-state index contributed by atoms with van der Waals surface area (Å²) in [5.74, 6) is -3.64. The Labute approximate surface area is 73.9 Å². The minimum absolute atomic E-state index is 0.418. The van der Waals surface area contributed by atoms with Crippen LogP contribution in [0.1, 0.15) is 0 Å². The van der Waals surface area contributed by atoms with Gasteiger partial charge in [0.05, 0.1) is 6.61 Å². The third-order valence-electron chi connectivity index (χ3n) is 1.13. The largest absolute Gasteiger partial charge is 0.392 e. The number of allylic oxidation sites excluding steroid dienone is 2. The van der Waals surface area contributed by atoms with Crippen molar-refractivity contribution in [3.63, 3.8) is 0 Å². The van der Waals surface area contributed by atoms with E-state index >= 15 is 0 Å². The molecular weight excluding hydrogens is 180 g/mol. The number of amides is 1. The SMILES string of the molecule is C=C(F)/C(C(N)=O)=C(F)\C=C/CO. The number of halogens is 2. The van der Waals surface area contributed by atoms with Crippen molar-refractivity contribution in [2.24, 2.45) is 5.73 Å². The van der Waals surface area contributed by atoms with Gasteiger partial charge in [0.1, 0.15) is 17.2 Å². The van der Waals surface area contributed by atoms with Crippen LogP contribution < -0.4 is 5.73 Å². The highest BCUT2D eigenvalue weighted by Gasteiger charge is 2.14. The predicted molar refractivity (Wildman–Crippen MR) is 43.8 cm³/mol. The zero-order valence-electron chi connectivity index (χ0n) is 6.76. The predicted octanol–water partition coefficient (Wildman–Crippen LogP) is 0.727. The van der Waals surface area contributed by atoms with E-state index in [-0.39, 0.29) is 0 Å². The fourth-order valence-electron chi connectivity index (χ4n) is 0.620. The highest BCUT2D eigenvalue weighted by Crippen LogP contribution is 2.16. The van der Waals surface area contributed by atoms with Crippen LogP contribution in [0, 0.1) is 0 Å². The highest BCUT2D eigenvalue weighted by molar-refractivity contribution is 5.96. The molecule has 0 aliphatic carbocycles. The molecule has 3 N–H and O–H groups in total. The van der Waals surface area contributed by atoms with Gasteiger partial charge in [-0.25, -0.2) is 8.78 Å². The Balaban J connectivity index is 4.98. The fraction of sp³-hybridized carbons (Fsp3) is 0.125. The number of carbonyl (C=O) groups excluding carboxylic acids is 1. The lowest BCUT2D eigenvalue weighted by Crippen LogP contribution is -2.15. The molecule has 0 aliphatic rings. The summed E-state index contributed by atoms with van der Waals surface area (Å²) in [6, 6.07) is 0. The Morgan fingerprint density at radius 1 is 1.54 bits per heavy atom. The van der Waals surface area contributed by atoms with E-state index in [1.54, 1.807) is 0 Å². The van der Waals surface area contributed by atoms with Crippen molar-refractivity contribution in [1.29, 1.82) is 0 Å². The summed E-state index contributed by atoms with van der Waals surface area (Å²) in [7, 11) is 0. The second-order valence-electron chi connectivity index (χ2n) is 2.08. The third-order valence-corrected chi connectivity index (χ3v) is 1.13. The molecule has 13 heavy (non-hydrogen) atoms. The number of hydrogen-bond acceptors (Lipinski definition) is 2. The first-order valence-electron chi connectivity index (χ1n) is 3.32. The van der Waals surface area contributed by atoms with Gasteiger partial charge in [-0.2, -0.15) is 0 Å². The Bertz CT molecular complexity index is 266. The number of aliphatic hydroxyl groups is 1. The number of primary amides is 1. The summed E-state index contributed by atoms with van der Waals surface area (Å²) >= 11 is 0. The lowest BCUT2D eigenvalue weighted by Gasteiger charge is -1.98. The second-order valence-corrected chi connectivity index (χ2v) is 2.08. The molecule has 0 rings (SSSR count). The number of aliphatic hydroxyl groups excluding tert-OH is 1. The van der Waals surface area contributed by atoms with Crippen LogP contribution in [-0.4, -0.2) is 17.6 Å². The summed E-state index contributed by atoms with van der Waals surface area (Å²) in [5, 5.41) is 8.27. The first kappa shape index (κ1) is 11.5. The van der Waals surface area contributed by atoms with E-state index in [4.69, 9.17) is 5.11 Å². The Morgan fingerprint density at radius 3 is 2.38 bits per heavy atom. The topological polar surface area (TPSA) is 63.3 Å². The number of rotatable bonds is 4. The average molecular weight is 189 g/mol. The Hall–Kier alpha value is -1.49. The molecule has 1 amide bonds. The minimum atomic E-state index is -1.24. The van der Waals surface area contributed by atoms with Crippen molar-refractivity contribution in [2.75, 3.05) is 6.61 Å². The van der Waals surface area contributed by atoms with Crippen molar-refractivity contribution in [3.8, 4) is 0 Å². The molecule has 0 aliphatic heterocycles. The first-order chi connectivity index (χ1) is 6.00. The van der Waals surface area contributed by atoms with Gasteiger partial charge in [-0.05, 0) is 6.08 Å². The van der Waals surface area contributed by atoms with E-state index in [1.165, 1.54) is 0 Å². The molecule has 5 heteroatoms. The van der Waals surface area contributed by atoms with Crippen molar-refractivity contribution >= 4 is 5.91 Å². The quantitative estimate of drug-likeness (QED) is 0.505. The highest BCUT2D eigenvalue weighted by atomic mass is 19.1. The maximum absolute atomic E-state index is 12.8. The molecule has 0 spiro atoms. The Kier molecular flexibility index (Phi) is 4.61. The molecule has 0 heterocycles. The number of carbonyl (C=O) groups is 1. The summed E-state index contributed by atoms with van der Waals surface area (Å²) in [6.45, 7) is 2.33. The fourth-order valence-corrected chi connectivity index (χ4v) is 0.620. The van der Waals surface area contributed by atoms with Crippen molar-refractivity contribution in [2.45, 2.75) is 0 Å². The summed E-state index contributed by atoms with van der Waals surface area (Å²) < 4.78 is 25.2. The van der Waals surface area contributed by atoms with Gasteiger partial charge in [-0.3, -0.25) is 4.79 Å². The molecule has 0 bridgehead atoms. The van der Waals surface area contributed by atoms with Crippen molar-refractivity contribution in [1.82, 2.24) is 0 Å². The van der Waals surface area contributed by atoms with Gasteiger partial charge >= 0.3 is 0 Å². The van der Waals surface area contributed by atoms with Gasteiger partial charge in [-0.15, -0.1) is 0 Å². The standard InChI is InChI=1S/C8H9F2NO2/c1-5(9)7(8(11)13)6(10)3-2-4-12/h2-3,12H,1,4H2,(H2,11,13)/b3-2-,7-6-. The normalized spacial score (nSPS) is 12.8. The van der Waals surface area contributed by atoms with Crippen LogP contribution in [0.3, 0.4) is 0 Å². The van der Waals surface area contributed by atoms with E-state index < -0.39 is 29.7 Å². The lowest BCUT2D eigenvalue weighted by molar-refractivity contribution is -0.114. The zero-order chi connectivity index (χ0) is 10.4. The van der Waals surface area contributed by atoms with Crippen LogP contribution in [0.4, 0.5) is 8.78 Å². The lowest BCUT2D eigenvalue weighted by atomic mass is 10.2. The van der Waals surface area contributed by atoms with Gasteiger partial charge in [0.2, 0.25) is 0 Å².